The van der Waals surface area contributed by atoms with E-state index in [9.17, 15) is 9.59 Å². The fourth-order valence-electron chi connectivity index (χ4n) is 2.48. The van der Waals surface area contributed by atoms with Crippen LogP contribution in [0.15, 0.2) is 12.2 Å². The van der Waals surface area contributed by atoms with E-state index < -0.39 is 0 Å². The smallest absolute Gasteiger partial charge is 0.332 e. The van der Waals surface area contributed by atoms with E-state index in [2.05, 4.69) is 23.9 Å². The van der Waals surface area contributed by atoms with Gasteiger partial charge >= 0.3 is 5.97 Å². The summed E-state index contributed by atoms with van der Waals surface area (Å²) < 4.78 is 0. The maximum Gasteiger partial charge on any atom is 0.332 e. The van der Waals surface area contributed by atoms with Crippen LogP contribution in [0.2, 0.25) is 0 Å². The third-order valence-electron chi connectivity index (χ3n) is 3.86. The zero-order valence-corrected chi connectivity index (χ0v) is 14.9. The Hall–Kier alpha value is -1.32. The Morgan fingerprint density at radius 1 is 0.826 bits per heavy atom. The second-order valence-electron chi connectivity index (χ2n) is 6.04. The number of unbranched alkanes of at least 4 members (excludes halogenated alkanes) is 11. The first-order valence-corrected chi connectivity index (χ1v) is 9.35. The highest BCUT2D eigenvalue weighted by atomic mass is 16.7. The molecule has 0 saturated heterocycles. The first kappa shape index (κ1) is 21.7. The lowest BCUT2D eigenvalue weighted by molar-refractivity contribution is -0.154. The van der Waals surface area contributed by atoms with Gasteiger partial charge in [0.2, 0.25) is 6.41 Å². The van der Waals surface area contributed by atoms with E-state index in [-0.39, 0.29) is 5.97 Å². The van der Waals surface area contributed by atoms with Gasteiger partial charge in [-0.25, -0.2) is 4.79 Å². The van der Waals surface area contributed by atoms with Gasteiger partial charge in [0, 0.05) is 6.42 Å². The number of carbonyl (C=O) groups is 2. The Morgan fingerprint density at radius 3 is 1.91 bits per heavy atom. The molecule has 0 radical (unpaired) electrons. The van der Waals surface area contributed by atoms with Crippen LogP contribution in [-0.4, -0.2) is 12.4 Å². The van der Waals surface area contributed by atoms with Gasteiger partial charge in [0.15, 0.2) is 0 Å². The van der Waals surface area contributed by atoms with Crippen LogP contribution in [0.3, 0.4) is 0 Å². The number of hydrogen-bond donors (Lipinski definition) is 1. The van der Waals surface area contributed by atoms with Gasteiger partial charge in [-0.1, -0.05) is 70.4 Å². The first-order chi connectivity index (χ1) is 11.3. The fourth-order valence-corrected chi connectivity index (χ4v) is 2.48. The number of hydrogen-bond acceptors (Lipinski definition) is 3. The molecule has 4 nitrogen and oxygen atoms in total. The topological polar surface area (TPSA) is 55.4 Å². The van der Waals surface area contributed by atoms with E-state index in [1.807, 2.05) is 5.48 Å². The van der Waals surface area contributed by atoms with E-state index in [0.717, 1.165) is 19.3 Å². The van der Waals surface area contributed by atoms with Crippen LogP contribution in [0.25, 0.3) is 0 Å². The second kappa shape index (κ2) is 18.7. The maximum atomic E-state index is 11.1. The van der Waals surface area contributed by atoms with Crippen molar-refractivity contribution < 1.29 is 14.4 Å². The van der Waals surface area contributed by atoms with Crippen molar-refractivity contribution in [3.05, 3.63) is 12.2 Å². The molecule has 0 heterocycles. The number of carbonyl (C=O) groups excluding carboxylic acids is 2. The quantitative estimate of drug-likeness (QED) is 0.172. The number of hydroxylamine groups is 1. The van der Waals surface area contributed by atoms with Crippen LogP contribution in [0.5, 0.6) is 0 Å². The summed E-state index contributed by atoms with van der Waals surface area (Å²) in [6.07, 6.45) is 21.4. The Bertz CT molecular complexity index is 303. The molecule has 0 unspecified atom stereocenters. The Balaban J connectivity index is 3.16. The van der Waals surface area contributed by atoms with Crippen molar-refractivity contribution in [1.29, 1.82) is 0 Å². The maximum absolute atomic E-state index is 11.1. The third kappa shape index (κ3) is 18.6. The lowest BCUT2D eigenvalue weighted by Gasteiger charge is -2.01. The van der Waals surface area contributed by atoms with Gasteiger partial charge in [0.25, 0.3) is 0 Å². The summed E-state index contributed by atoms with van der Waals surface area (Å²) >= 11 is 0. The molecule has 0 bridgehead atoms. The van der Waals surface area contributed by atoms with Crippen LogP contribution in [0.1, 0.15) is 96.8 Å². The van der Waals surface area contributed by atoms with Crippen molar-refractivity contribution in [3.8, 4) is 0 Å². The predicted octanol–water partition coefficient (Wildman–Crippen LogP) is 5.23. The van der Waals surface area contributed by atoms with E-state index >= 15 is 0 Å². The monoisotopic (exact) mass is 325 g/mol. The molecule has 0 aromatic rings. The minimum Gasteiger partial charge on any atom is -0.341 e. The summed E-state index contributed by atoms with van der Waals surface area (Å²) in [5, 5.41) is 0. The predicted molar refractivity (Wildman–Crippen MR) is 94.7 cm³/mol. The minimum absolute atomic E-state index is 0.359. The highest BCUT2D eigenvalue weighted by molar-refractivity contribution is 5.69. The summed E-state index contributed by atoms with van der Waals surface area (Å²) in [7, 11) is 0. The van der Waals surface area contributed by atoms with E-state index in [1.54, 1.807) is 0 Å². The number of nitrogens with one attached hydrogen (secondary N) is 1. The van der Waals surface area contributed by atoms with Crippen molar-refractivity contribution in [2.75, 3.05) is 0 Å². The molecule has 0 aromatic heterocycles. The van der Waals surface area contributed by atoms with E-state index in [4.69, 9.17) is 0 Å². The second-order valence-corrected chi connectivity index (χ2v) is 6.04. The summed E-state index contributed by atoms with van der Waals surface area (Å²) in [5.74, 6) is -0.366. The Morgan fingerprint density at radius 2 is 1.35 bits per heavy atom. The lowest BCUT2D eigenvalue weighted by Crippen LogP contribution is -2.17. The molecule has 0 aliphatic heterocycles. The first-order valence-electron chi connectivity index (χ1n) is 9.35. The van der Waals surface area contributed by atoms with Crippen LogP contribution >= 0.6 is 0 Å². The highest BCUT2D eigenvalue weighted by Gasteiger charge is 2.01. The normalized spacial score (nSPS) is 10.8. The zero-order valence-electron chi connectivity index (χ0n) is 14.9. The van der Waals surface area contributed by atoms with Crippen LogP contribution in [0, 0.1) is 0 Å². The summed E-state index contributed by atoms with van der Waals surface area (Å²) in [6, 6.07) is 0. The molecule has 0 aliphatic rings. The summed E-state index contributed by atoms with van der Waals surface area (Å²) in [6.45, 7) is 2.25. The van der Waals surface area contributed by atoms with Crippen molar-refractivity contribution in [2.24, 2.45) is 0 Å². The average molecular weight is 325 g/mol. The number of amides is 1. The molecule has 0 saturated carbocycles. The van der Waals surface area contributed by atoms with Crippen molar-refractivity contribution in [1.82, 2.24) is 5.48 Å². The Labute approximate surface area is 142 Å². The molecule has 0 atom stereocenters. The molecule has 1 N–H and O–H groups in total. The van der Waals surface area contributed by atoms with Crippen LogP contribution in [-0.2, 0) is 14.4 Å². The third-order valence-corrected chi connectivity index (χ3v) is 3.86. The molecule has 23 heavy (non-hydrogen) atoms. The molecule has 1 amide bonds. The highest BCUT2D eigenvalue weighted by Crippen LogP contribution is 2.10. The molecule has 0 rings (SSSR count). The van der Waals surface area contributed by atoms with Crippen molar-refractivity contribution >= 4 is 12.4 Å². The van der Waals surface area contributed by atoms with Gasteiger partial charge in [0.05, 0.1) is 0 Å². The SMILES string of the molecule is CCCCCCCC/C=C\CCCCCCCC(=O)ONC=O. The average Bonchev–Trinajstić information content (AvgIpc) is 2.56. The van der Waals surface area contributed by atoms with E-state index in [1.165, 1.54) is 64.2 Å². The van der Waals surface area contributed by atoms with Gasteiger partial charge in [-0.15, -0.1) is 0 Å². The molecular formula is C19H35NO3. The summed E-state index contributed by atoms with van der Waals surface area (Å²) in [5.41, 5.74) is 1.91. The standard InChI is InChI=1S/C19H35NO3/c1-2-3-4-5-6-7-8-9-10-11-12-13-14-15-16-17-19(22)23-20-18-21/h9-10,18H,2-8,11-17H2,1H3,(H,20,21)/b10-9-. The van der Waals surface area contributed by atoms with Gasteiger partial charge in [-0.3, -0.25) is 4.79 Å². The number of rotatable bonds is 17. The van der Waals surface area contributed by atoms with Gasteiger partial charge in [-0.2, -0.15) is 5.48 Å². The van der Waals surface area contributed by atoms with Crippen LogP contribution < -0.4 is 5.48 Å². The van der Waals surface area contributed by atoms with E-state index in [0.29, 0.717) is 12.8 Å². The van der Waals surface area contributed by atoms with Crippen molar-refractivity contribution in [3.63, 3.8) is 0 Å². The molecule has 4 heteroatoms. The molecule has 0 aromatic carbocycles. The molecular weight excluding hydrogens is 290 g/mol. The molecule has 0 fully saturated rings. The largest absolute Gasteiger partial charge is 0.341 e. The lowest BCUT2D eigenvalue weighted by atomic mass is 10.1. The minimum atomic E-state index is -0.366. The molecule has 134 valence electrons. The van der Waals surface area contributed by atoms with Crippen molar-refractivity contribution in [2.45, 2.75) is 96.8 Å². The summed E-state index contributed by atoms with van der Waals surface area (Å²) in [4.78, 5) is 25.5. The number of allylic oxidation sites excluding steroid dienone is 2. The molecule has 0 aliphatic carbocycles. The fraction of sp³-hybridized carbons (Fsp3) is 0.789. The van der Waals surface area contributed by atoms with Crippen LogP contribution in [0.4, 0.5) is 0 Å². The van der Waals surface area contributed by atoms with Gasteiger partial charge in [-0.05, 0) is 32.1 Å². The van der Waals surface area contributed by atoms with Gasteiger partial charge < -0.3 is 4.84 Å². The molecule has 0 spiro atoms. The zero-order chi connectivity index (χ0) is 17.0. The van der Waals surface area contributed by atoms with Gasteiger partial charge in [0.1, 0.15) is 0 Å². The Kier molecular flexibility index (Phi) is 17.7.